The second kappa shape index (κ2) is 9.21. The summed E-state index contributed by atoms with van der Waals surface area (Å²) < 4.78 is 4.11. The molecule has 0 saturated carbocycles. The number of fused-ring (bicyclic) bond motifs is 1. The minimum Gasteiger partial charge on any atom is -0.466 e. The Bertz CT molecular complexity index is 1020. The highest BCUT2D eigenvalue weighted by atomic mass is 35.5. The third kappa shape index (κ3) is 3.57. The van der Waals surface area contributed by atoms with E-state index in [1.54, 1.807) is 60.9 Å². The van der Waals surface area contributed by atoms with E-state index >= 15 is 0 Å². The van der Waals surface area contributed by atoms with Crippen molar-refractivity contribution in [3.05, 3.63) is 41.9 Å². The Kier molecular flexibility index (Phi) is 6.79. The smallest absolute Gasteiger partial charge is 0.311 e. The first kappa shape index (κ1) is 25.1. The molecule has 3 saturated heterocycles. The number of thioether (sulfide) groups is 1. The summed E-state index contributed by atoms with van der Waals surface area (Å²) in [6, 6.07) is 5.62. The highest BCUT2D eigenvalue weighted by Gasteiger charge is 2.78. The normalized spacial score (nSPS) is 32.4. The van der Waals surface area contributed by atoms with E-state index in [1.165, 1.54) is 4.90 Å². The van der Waals surface area contributed by atoms with Crippen molar-refractivity contribution >= 4 is 46.8 Å². The van der Waals surface area contributed by atoms with E-state index in [4.69, 9.17) is 16.3 Å². The predicted octanol–water partition coefficient (Wildman–Crippen LogP) is 3.28. The number of aliphatic hydroxyl groups excluding tert-OH is 1. The fourth-order valence-electron chi connectivity index (χ4n) is 6.05. The molecule has 3 fully saturated rings. The van der Waals surface area contributed by atoms with Crippen molar-refractivity contribution in [3.63, 3.8) is 0 Å². The molecule has 1 N–H and O–H groups in total. The molecule has 1 spiro atoms. The topological polar surface area (TPSA) is 87.2 Å². The number of para-hydroxylation sites is 1. The molecular weight excluding hydrogens is 476 g/mol. The van der Waals surface area contributed by atoms with E-state index in [0.29, 0.717) is 23.6 Å². The Hall–Kier alpha value is -2.03. The molecule has 2 bridgehead atoms. The molecule has 6 atom stereocenters. The minimum atomic E-state index is -0.852. The van der Waals surface area contributed by atoms with Gasteiger partial charge in [-0.15, -0.1) is 18.3 Å². The molecule has 7 nitrogen and oxygen atoms in total. The number of hydrogen-bond donors (Lipinski definition) is 1. The van der Waals surface area contributed by atoms with E-state index in [2.05, 4.69) is 6.58 Å². The number of carbonyl (C=O) groups excluding carboxylic acids is 3. The van der Waals surface area contributed by atoms with Crippen LogP contribution in [0.3, 0.4) is 0 Å². The number of halogens is 1. The number of hydrogen-bond acceptors (Lipinski definition) is 6. The number of rotatable bonds is 8. The number of aliphatic hydroxyl groups is 1. The van der Waals surface area contributed by atoms with Gasteiger partial charge in [-0.3, -0.25) is 14.4 Å². The minimum absolute atomic E-state index is 0.207. The van der Waals surface area contributed by atoms with Crippen LogP contribution >= 0.6 is 23.4 Å². The number of anilines is 1. The van der Waals surface area contributed by atoms with Crippen LogP contribution in [0.1, 0.15) is 33.6 Å². The summed E-state index contributed by atoms with van der Waals surface area (Å²) in [7, 11) is 0. The van der Waals surface area contributed by atoms with Crippen LogP contribution in [-0.2, 0) is 19.1 Å². The lowest BCUT2D eigenvalue weighted by Gasteiger charge is -2.39. The van der Waals surface area contributed by atoms with Crippen molar-refractivity contribution in [1.82, 2.24) is 4.90 Å². The number of amides is 2. The van der Waals surface area contributed by atoms with Crippen LogP contribution in [0.4, 0.5) is 5.69 Å². The van der Waals surface area contributed by atoms with Gasteiger partial charge < -0.3 is 19.6 Å². The SMILES string of the molecule is C=CCN(C(=O)C1N([C@H](C)CO)C(=O)[C@@H]2[C@H](C(=O)OCC)[C@]3(C)CCC12S3)c1ccccc1Cl. The van der Waals surface area contributed by atoms with E-state index in [-0.39, 0.29) is 31.6 Å². The summed E-state index contributed by atoms with van der Waals surface area (Å²) >= 11 is 8.02. The first-order chi connectivity index (χ1) is 16.2. The molecule has 3 aliphatic heterocycles. The van der Waals surface area contributed by atoms with Gasteiger partial charge in [-0.1, -0.05) is 29.8 Å². The molecule has 0 aliphatic carbocycles. The number of likely N-dealkylation sites (tertiary alicyclic amines) is 1. The van der Waals surface area contributed by atoms with Gasteiger partial charge in [0, 0.05) is 11.3 Å². The number of carbonyl (C=O) groups is 3. The van der Waals surface area contributed by atoms with Gasteiger partial charge >= 0.3 is 5.97 Å². The molecule has 1 aromatic rings. The summed E-state index contributed by atoms with van der Waals surface area (Å²) in [4.78, 5) is 44.3. The largest absolute Gasteiger partial charge is 0.466 e. The number of benzene rings is 1. The first-order valence-corrected chi connectivity index (χ1v) is 12.8. The molecule has 184 valence electrons. The van der Waals surface area contributed by atoms with E-state index in [1.807, 2.05) is 6.92 Å². The monoisotopic (exact) mass is 506 g/mol. The van der Waals surface area contributed by atoms with Crippen molar-refractivity contribution in [2.24, 2.45) is 11.8 Å². The zero-order valence-corrected chi connectivity index (χ0v) is 21.3. The summed E-state index contributed by atoms with van der Waals surface area (Å²) in [5, 5.41) is 10.4. The maximum Gasteiger partial charge on any atom is 0.311 e. The van der Waals surface area contributed by atoms with Gasteiger partial charge in [0.1, 0.15) is 6.04 Å². The highest BCUT2D eigenvalue weighted by Crippen LogP contribution is 2.71. The maximum absolute atomic E-state index is 14.3. The number of ether oxygens (including phenoxy) is 1. The van der Waals surface area contributed by atoms with Gasteiger partial charge in [-0.05, 0) is 45.7 Å². The molecule has 34 heavy (non-hydrogen) atoms. The molecule has 3 aliphatic rings. The molecule has 2 unspecified atom stereocenters. The molecule has 9 heteroatoms. The van der Waals surface area contributed by atoms with Gasteiger partial charge in [0.25, 0.3) is 5.91 Å². The van der Waals surface area contributed by atoms with Crippen molar-refractivity contribution < 1.29 is 24.2 Å². The van der Waals surface area contributed by atoms with E-state index < -0.39 is 39.4 Å². The van der Waals surface area contributed by atoms with Crippen LogP contribution in [0.25, 0.3) is 0 Å². The predicted molar refractivity (Wildman–Crippen MR) is 133 cm³/mol. The van der Waals surface area contributed by atoms with Crippen LogP contribution < -0.4 is 4.90 Å². The lowest BCUT2D eigenvalue weighted by molar-refractivity contribution is -0.155. The zero-order chi connectivity index (χ0) is 24.8. The lowest BCUT2D eigenvalue weighted by atomic mass is 9.66. The molecule has 1 aromatic carbocycles. The molecule has 3 heterocycles. The third-order valence-corrected chi connectivity index (χ3v) is 9.75. The summed E-state index contributed by atoms with van der Waals surface area (Å²) in [5.41, 5.74) is 0.531. The zero-order valence-electron chi connectivity index (χ0n) is 19.7. The Balaban J connectivity index is 1.84. The van der Waals surface area contributed by atoms with Crippen molar-refractivity contribution in [3.8, 4) is 0 Å². The summed E-state index contributed by atoms with van der Waals surface area (Å²) in [6.45, 7) is 9.41. The molecule has 4 rings (SSSR count). The van der Waals surface area contributed by atoms with E-state index in [0.717, 1.165) is 0 Å². The molecule has 2 amide bonds. The maximum atomic E-state index is 14.3. The van der Waals surface area contributed by atoms with Gasteiger partial charge in [-0.25, -0.2) is 0 Å². The van der Waals surface area contributed by atoms with Crippen molar-refractivity contribution in [2.75, 3.05) is 24.7 Å². The van der Waals surface area contributed by atoms with Gasteiger partial charge in [-0.2, -0.15) is 0 Å². The van der Waals surface area contributed by atoms with Crippen LogP contribution in [0, 0.1) is 11.8 Å². The Morgan fingerprint density at radius 2 is 2.12 bits per heavy atom. The van der Waals surface area contributed by atoms with Gasteiger partial charge in [0.05, 0.1) is 46.5 Å². The van der Waals surface area contributed by atoms with Crippen LogP contribution in [-0.4, -0.2) is 69.1 Å². The average molecular weight is 507 g/mol. The summed E-state index contributed by atoms with van der Waals surface area (Å²) in [6.07, 6.45) is 2.94. The fraction of sp³-hybridized carbons (Fsp3) is 0.560. The Morgan fingerprint density at radius 3 is 2.74 bits per heavy atom. The molecular formula is C25H31ClN2O5S. The van der Waals surface area contributed by atoms with E-state index in [9.17, 15) is 19.5 Å². The first-order valence-electron chi connectivity index (χ1n) is 11.6. The second-order valence-electron chi connectivity index (χ2n) is 9.45. The standard InChI is InChI=1S/C25H31ClN2O5S/c1-5-13-27(17-10-8-7-9-16(17)26)22(31)20-25-12-11-24(4,34-25)19(23(32)33-6-2)18(25)21(30)28(20)15(3)14-29/h5,7-10,15,18-20,29H,1,6,11-14H2,2-4H3/t15-,18+,19-,20?,24+,25?/m1/s1. The second-order valence-corrected chi connectivity index (χ2v) is 11.7. The lowest BCUT2D eigenvalue weighted by Crippen LogP contribution is -2.57. The Labute approximate surface area is 209 Å². The highest BCUT2D eigenvalue weighted by molar-refractivity contribution is 8.02. The summed E-state index contributed by atoms with van der Waals surface area (Å²) in [5.74, 6) is -2.28. The molecule has 0 radical (unpaired) electrons. The number of esters is 1. The van der Waals surface area contributed by atoms with Crippen molar-refractivity contribution in [2.45, 2.75) is 55.2 Å². The number of nitrogens with zero attached hydrogens (tertiary/aromatic N) is 2. The van der Waals surface area contributed by atoms with Crippen LogP contribution in [0.2, 0.25) is 5.02 Å². The average Bonchev–Trinajstić information content (AvgIpc) is 3.38. The van der Waals surface area contributed by atoms with Gasteiger partial charge in [0.15, 0.2) is 0 Å². The van der Waals surface area contributed by atoms with Crippen LogP contribution in [0.5, 0.6) is 0 Å². The third-order valence-electron chi connectivity index (χ3n) is 7.45. The van der Waals surface area contributed by atoms with Crippen LogP contribution in [0.15, 0.2) is 36.9 Å². The van der Waals surface area contributed by atoms with Gasteiger partial charge in [0.2, 0.25) is 5.91 Å². The molecule has 0 aromatic heterocycles. The quantitative estimate of drug-likeness (QED) is 0.430. The van der Waals surface area contributed by atoms with Crippen molar-refractivity contribution in [1.29, 1.82) is 0 Å². The fourth-order valence-corrected chi connectivity index (χ4v) is 8.61. The Morgan fingerprint density at radius 1 is 1.41 bits per heavy atom.